The van der Waals surface area contributed by atoms with Crippen LogP contribution in [-0.4, -0.2) is 6.54 Å². The van der Waals surface area contributed by atoms with Crippen molar-refractivity contribution in [2.75, 3.05) is 6.54 Å². The second kappa shape index (κ2) is 7.83. The quantitative estimate of drug-likeness (QED) is 0.783. The molecule has 1 N–H and O–H groups in total. The van der Waals surface area contributed by atoms with Gasteiger partial charge >= 0.3 is 0 Å². The van der Waals surface area contributed by atoms with Crippen LogP contribution < -0.4 is 5.32 Å². The lowest BCUT2D eigenvalue weighted by Crippen LogP contribution is -2.29. The van der Waals surface area contributed by atoms with Crippen molar-refractivity contribution in [2.24, 2.45) is 5.92 Å². The van der Waals surface area contributed by atoms with Gasteiger partial charge in [-0.2, -0.15) is 0 Å². The van der Waals surface area contributed by atoms with Crippen LogP contribution in [-0.2, 0) is 0 Å². The molecule has 0 radical (unpaired) electrons. The van der Waals surface area contributed by atoms with Crippen LogP contribution in [0.4, 0.5) is 0 Å². The van der Waals surface area contributed by atoms with Crippen molar-refractivity contribution in [3.8, 4) is 0 Å². The summed E-state index contributed by atoms with van der Waals surface area (Å²) in [5.74, 6) is 0.816. The lowest BCUT2D eigenvalue weighted by Gasteiger charge is -2.31. The first-order chi connectivity index (χ1) is 9.72. The van der Waals surface area contributed by atoms with Gasteiger partial charge in [0.05, 0.1) is 0 Å². The average Bonchev–Trinajstić information content (AvgIpc) is 2.37. The summed E-state index contributed by atoms with van der Waals surface area (Å²) in [6, 6.07) is 7.52. The maximum absolute atomic E-state index is 3.78. The SMILES string of the molecule is CCNC(c1ccc(C)cc1C)C1CCCCCCC1. The van der Waals surface area contributed by atoms with E-state index in [1.807, 2.05) is 0 Å². The summed E-state index contributed by atoms with van der Waals surface area (Å²) in [6.07, 6.45) is 9.93. The first-order valence-corrected chi connectivity index (χ1v) is 8.53. The van der Waals surface area contributed by atoms with E-state index in [0.717, 1.165) is 12.5 Å². The topological polar surface area (TPSA) is 12.0 Å². The number of hydrogen-bond acceptors (Lipinski definition) is 1. The summed E-state index contributed by atoms with van der Waals surface area (Å²) in [5.41, 5.74) is 4.36. The lowest BCUT2D eigenvalue weighted by molar-refractivity contribution is 0.291. The van der Waals surface area contributed by atoms with Crippen LogP contribution in [0.2, 0.25) is 0 Å². The molecular weight excluding hydrogens is 242 g/mol. The Bertz CT molecular complexity index is 402. The Kier molecular flexibility index (Phi) is 6.09. The van der Waals surface area contributed by atoms with Crippen molar-refractivity contribution in [2.45, 2.75) is 71.8 Å². The van der Waals surface area contributed by atoms with Crippen LogP contribution >= 0.6 is 0 Å². The predicted molar refractivity (Wildman–Crippen MR) is 88.1 cm³/mol. The molecule has 0 aliphatic heterocycles. The fourth-order valence-corrected chi connectivity index (χ4v) is 3.75. The molecular formula is C19H31N. The van der Waals surface area contributed by atoms with Gasteiger partial charge in [-0.05, 0) is 50.3 Å². The van der Waals surface area contributed by atoms with E-state index in [-0.39, 0.29) is 0 Å². The molecule has 0 saturated heterocycles. The summed E-state index contributed by atoms with van der Waals surface area (Å²) in [4.78, 5) is 0. The van der Waals surface area contributed by atoms with Crippen molar-refractivity contribution in [1.82, 2.24) is 5.32 Å². The molecule has 1 aliphatic carbocycles. The second-order valence-electron chi connectivity index (χ2n) is 6.50. The summed E-state index contributed by atoms with van der Waals surface area (Å²) >= 11 is 0. The molecule has 0 bridgehead atoms. The minimum atomic E-state index is 0.554. The van der Waals surface area contributed by atoms with Crippen LogP contribution in [0, 0.1) is 19.8 Å². The Hall–Kier alpha value is -0.820. The minimum absolute atomic E-state index is 0.554. The number of hydrogen-bond donors (Lipinski definition) is 1. The number of benzene rings is 1. The summed E-state index contributed by atoms with van der Waals surface area (Å²) < 4.78 is 0. The van der Waals surface area contributed by atoms with Crippen LogP contribution in [0.3, 0.4) is 0 Å². The fourth-order valence-electron chi connectivity index (χ4n) is 3.75. The Morgan fingerprint density at radius 3 is 2.30 bits per heavy atom. The van der Waals surface area contributed by atoms with Crippen LogP contribution in [0.25, 0.3) is 0 Å². The van der Waals surface area contributed by atoms with E-state index in [1.165, 1.54) is 61.6 Å². The minimum Gasteiger partial charge on any atom is -0.310 e. The van der Waals surface area contributed by atoms with Gasteiger partial charge in [-0.3, -0.25) is 0 Å². The van der Waals surface area contributed by atoms with Crippen molar-refractivity contribution in [3.05, 3.63) is 34.9 Å². The monoisotopic (exact) mass is 273 g/mol. The number of aryl methyl sites for hydroxylation is 2. The highest BCUT2D eigenvalue weighted by molar-refractivity contribution is 5.33. The van der Waals surface area contributed by atoms with Crippen LogP contribution in [0.5, 0.6) is 0 Å². The van der Waals surface area contributed by atoms with Crippen molar-refractivity contribution >= 4 is 0 Å². The van der Waals surface area contributed by atoms with Gasteiger partial charge in [0.2, 0.25) is 0 Å². The molecule has 112 valence electrons. The van der Waals surface area contributed by atoms with Crippen molar-refractivity contribution in [3.63, 3.8) is 0 Å². The van der Waals surface area contributed by atoms with E-state index in [2.05, 4.69) is 44.3 Å². The third-order valence-electron chi connectivity index (χ3n) is 4.81. The maximum atomic E-state index is 3.78. The molecule has 1 fully saturated rings. The molecule has 1 atom stereocenters. The van der Waals surface area contributed by atoms with E-state index < -0.39 is 0 Å². The Balaban J connectivity index is 2.19. The standard InChI is InChI=1S/C19H31N/c1-4-20-19(17-10-8-6-5-7-9-11-17)18-13-12-15(2)14-16(18)3/h12-14,17,19-20H,4-11H2,1-3H3. The molecule has 2 rings (SSSR count). The third-order valence-corrected chi connectivity index (χ3v) is 4.81. The van der Waals surface area contributed by atoms with Gasteiger partial charge in [-0.25, -0.2) is 0 Å². The zero-order chi connectivity index (χ0) is 14.4. The molecule has 0 heterocycles. The summed E-state index contributed by atoms with van der Waals surface area (Å²) in [6.45, 7) is 7.76. The molecule has 1 nitrogen and oxygen atoms in total. The maximum Gasteiger partial charge on any atom is 0.0351 e. The van der Waals surface area contributed by atoms with E-state index in [4.69, 9.17) is 0 Å². The van der Waals surface area contributed by atoms with Gasteiger partial charge in [0.1, 0.15) is 0 Å². The molecule has 1 aliphatic rings. The van der Waals surface area contributed by atoms with Gasteiger partial charge < -0.3 is 5.32 Å². The van der Waals surface area contributed by atoms with E-state index in [9.17, 15) is 0 Å². The molecule has 1 saturated carbocycles. The zero-order valence-electron chi connectivity index (χ0n) is 13.5. The average molecular weight is 273 g/mol. The highest BCUT2D eigenvalue weighted by atomic mass is 14.9. The Morgan fingerprint density at radius 1 is 1.05 bits per heavy atom. The molecule has 0 aromatic heterocycles. The largest absolute Gasteiger partial charge is 0.310 e. The summed E-state index contributed by atoms with van der Waals surface area (Å²) in [7, 11) is 0. The highest BCUT2D eigenvalue weighted by Gasteiger charge is 2.24. The second-order valence-corrected chi connectivity index (χ2v) is 6.50. The molecule has 0 amide bonds. The van der Waals surface area contributed by atoms with E-state index >= 15 is 0 Å². The normalized spacial score (nSPS) is 19.4. The summed E-state index contributed by atoms with van der Waals surface area (Å²) in [5, 5.41) is 3.78. The van der Waals surface area contributed by atoms with Gasteiger partial charge in [0.15, 0.2) is 0 Å². The smallest absolute Gasteiger partial charge is 0.0351 e. The predicted octanol–water partition coefficient (Wildman–Crippen LogP) is 5.31. The zero-order valence-corrected chi connectivity index (χ0v) is 13.5. The molecule has 1 aromatic carbocycles. The van der Waals surface area contributed by atoms with Crippen molar-refractivity contribution in [1.29, 1.82) is 0 Å². The first-order valence-electron chi connectivity index (χ1n) is 8.53. The Labute approximate surface area is 125 Å². The molecule has 1 unspecified atom stereocenters. The third kappa shape index (κ3) is 4.09. The fraction of sp³-hybridized carbons (Fsp3) is 0.684. The Morgan fingerprint density at radius 2 is 1.70 bits per heavy atom. The van der Waals surface area contributed by atoms with E-state index in [1.54, 1.807) is 0 Å². The van der Waals surface area contributed by atoms with Crippen LogP contribution in [0.1, 0.15) is 74.6 Å². The van der Waals surface area contributed by atoms with Gasteiger partial charge in [0, 0.05) is 6.04 Å². The van der Waals surface area contributed by atoms with E-state index in [0.29, 0.717) is 6.04 Å². The van der Waals surface area contributed by atoms with Gasteiger partial charge in [-0.15, -0.1) is 0 Å². The first kappa shape index (κ1) is 15.6. The number of nitrogens with one attached hydrogen (secondary N) is 1. The van der Waals surface area contributed by atoms with Gasteiger partial charge in [0.25, 0.3) is 0 Å². The molecule has 1 aromatic rings. The molecule has 0 spiro atoms. The molecule has 20 heavy (non-hydrogen) atoms. The van der Waals surface area contributed by atoms with Gasteiger partial charge in [-0.1, -0.05) is 62.8 Å². The lowest BCUT2D eigenvalue weighted by atomic mass is 9.81. The highest BCUT2D eigenvalue weighted by Crippen LogP contribution is 2.34. The van der Waals surface area contributed by atoms with Crippen LogP contribution in [0.15, 0.2) is 18.2 Å². The van der Waals surface area contributed by atoms with Crippen molar-refractivity contribution < 1.29 is 0 Å². The molecule has 1 heteroatoms. The number of rotatable bonds is 4.